The Bertz CT molecular complexity index is 575. The van der Waals surface area contributed by atoms with Crippen molar-refractivity contribution in [1.29, 1.82) is 0 Å². The van der Waals surface area contributed by atoms with Gasteiger partial charge in [0.05, 0.1) is 11.5 Å². The molecule has 0 amide bonds. The van der Waals surface area contributed by atoms with E-state index in [9.17, 15) is 8.42 Å². The zero-order chi connectivity index (χ0) is 14.8. The lowest BCUT2D eigenvalue weighted by Gasteiger charge is -2.23. The summed E-state index contributed by atoms with van der Waals surface area (Å²) in [5.74, 6) is 6.65. The van der Waals surface area contributed by atoms with Crippen LogP contribution in [-0.4, -0.2) is 55.0 Å². The van der Waals surface area contributed by atoms with Gasteiger partial charge < -0.3 is 10.2 Å². The topological polar surface area (TPSA) is 126 Å². The van der Waals surface area contributed by atoms with E-state index in [2.05, 4.69) is 25.7 Å². The maximum absolute atomic E-state index is 11.6. The van der Waals surface area contributed by atoms with Crippen LogP contribution in [0.1, 0.15) is 12.8 Å². The van der Waals surface area contributed by atoms with Gasteiger partial charge in [-0.15, -0.1) is 0 Å². The molecule has 1 saturated heterocycles. The number of hydrogen-bond acceptors (Lipinski definition) is 9. The molecule has 1 fully saturated rings. The number of nitrogens with one attached hydrogen (secondary N) is 2. The molecule has 1 unspecified atom stereocenters. The number of nitrogens with two attached hydrogens (primary N) is 1. The van der Waals surface area contributed by atoms with Crippen molar-refractivity contribution in [2.24, 2.45) is 5.84 Å². The summed E-state index contributed by atoms with van der Waals surface area (Å²) in [5.41, 5.74) is 2.37. The molecule has 0 radical (unpaired) electrons. The molecule has 4 N–H and O–H groups in total. The first-order chi connectivity index (χ1) is 9.39. The number of sulfone groups is 1. The van der Waals surface area contributed by atoms with Crippen molar-refractivity contribution in [3.63, 3.8) is 0 Å². The molecule has 9 nitrogen and oxygen atoms in total. The van der Waals surface area contributed by atoms with Gasteiger partial charge in [-0.05, 0) is 12.8 Å². The smallest absolute Gasteiger partial charge is 0.243 e. The van der Waals surface area contributed by atoms with Gasteiger partial charge in [0.25, 0.3) is 0 Å². The first-order valence-electron chi connectivity index (χ1n) is 6.26. The van der Waals surface area contributed by atoms with Gasteiger partial charge in [0.1, 0.15) is 0 Å². The van der Waals surface area contributed by atoms with E-state index in [1.165, 1.54) is 0 Å². The zero-order valence-corrected chi connectivity index (χ0v) is 12.3. The fourth-order valence-corrected chi connectivity index (χ4v) is 3.65. The highest BCUT2D eigenvalue weighted by Gasteiger charge is 2.25. The third-order valence-corrected chi connectivity index (χ3v) is 4.77. The molecule has 2 heterocycles. The van der Waals surface area contributed by atoms with Crippen LogP contribution in [-0.2, 0) is 9.84 Å². The maximum atomic E-state index is 11.6. The molecule has 10 heteroatoms. The van der Waals surface area contributed by atoms with Crippen LogP contribution < -0.4 is 21.5 Å². The Morgan fingerprint density at radius 2 is 1.95 bits per heavy atom. The lowest BCUT2D eigenvalue weighted by atomic mass is 10.2. The van der Waals surface area contributed by atoms with Gasteiger partial charge in [-0.3, -0.25) is 5.43 Å². The molecule has 1 aliphatic rings. The molecule has 0 aliphatic carbocycles. The summed E-state index contributed by atoms with van der Waals surface area (Å²) >= 11 is 0. The lowest BCUT2D eigenvalue weighted by Crippen LogP contribution is -2.35. The van der Waals surface area contributed by atoms with Gasteiger partial charge >= 0.3 is 0 Å². The number of aromatic nitrogens is 3. The minimum absolute atomic E-state index is 0.0986. The molecule has 0 bridgehead atoms. The average Bonchev–Trinajstić information content (AvgIpc) is 2.37. The van der Waals surface area contributed by atoms with Crippen LogP contribution in [0.2, 0.25) is 0 Å². The standard InChI is InChI=1S/C10H19N7O2S/c1-17(2)10-14-8(13-9(15-10)16-11)12-7-4-3-5-20(18,19)6-7/h7H,3-6,11H2,1-2H3,(H2,12,13,14,15,16). The van der Waals surface area contributed by atoms with Crippen LogP contribution in [0.15, 0.2) is 0 Å². The number of nitrogen functional groups attached to an aromatic ring is 1. The summed E-state index contributed by atoms with van der Waals surface area (Å²) in [5, 5.41) is 3.04. The number of hydrazine groups is 1. The van der Waals surface area contributed by atoms with Crippen LogP contribution >= 0.6 is 0 Å². The fourth-order valence-electron chi connectivity index (χ4n) is 2.01. The van der Waals surface area contributed by atoms with E-state index < -0.39 is 9.84 Å². The van der Waals surface area contributed by atoms with E-state index in [-0.39, 0.29) is 23.5 Å². The summed E-state index contributed by atoms with van der Waals surface area (Å²) in [6, 6.07) is -0.184. The molecule has 20 heavy (non-hydrogen) atoms. The number of hydrogen-bond donors (Lipinski definition) is 3. The summed E-state index contributed by atoms with van der Waals surface area (Å²) in [4.78, 5) is 14.1. The summed E-state index contributed by atoms with van der Waals surface area (Å²) in [7, 11) is 0.614. The second-order valence-corrected chi connectivity index (χ2v) is 7.15. The van der Waals surface area contributed by atoms with Gasteiger partial charge in [0, 0.05) is 20.1 Å². The Morgan fingerprint density at radius 3 is 2.55 bits per heavy atom. The van der Waals surface area contributed by atoms with Gasteiger partial charge in [-0.25, -0.2) is 14.3 Å². The number of rotatable bonds is 4. The SMILES string of the molecule is CN(C)c1nc(NN)nc(NC2CCCS(=O)(=O)C2)n1. The van der Waals surface area contributed by atoms with Crippen molar-refractivity contribution in [2.75, 3.05) is 41.2 Å². The Hall–Kier alpha value is -1.68. The molecule has 1 aliphatic heterocycles. The van der Waals surface area contributed by atoms with Crippen LogP contribution in [0, 0.1) is 0 Å². The van der Waals surface area contributed by atoms with Crippen molar-refractivity contribution in [1.82, 2.24) is 15.0 Å². The Labute approximate surface area is 117 Å². The van der Waals surface area contributed by atoms with E-state index in [0.717, 1.165) is 6.42 Å². The first-order valence-corrected chi connectivity index (χ1v) is 8.09. The molecule has 112 valence electrons. The molecule has 1 aromatic heterocycles. The number of anilines is 3. The second-order valence-electron chi connectivity index (χ2n) is 4.92. The minimum Gasteiger partial charge on any atom is -0.350 e. The van der Waals surface area contributed by atoms with Gasteiger partial charge in [-0.1, -0.05) is 0 Å². The van der Waals surface area contributed by atoms with E-state index in [0.29, 0.717) is 18.3 Å². The van der Waals surface area contributed by atoms with Gasteiger partial charge in [0.15, 0.2) is 9.84 Å². The first kappa shape index (κ1) is 14.7. The molecule has 1 aromatic rings. The molecular weight excluding hydrogens is 282 g/mol. The van der Waals surface area contributed by atoms with Gasteiger partial charge in [-0.2, -0.15) is 15.0 Å². The van der Waals surface area contributed by atoms with Crippen LogP contribution in [0.4, 0.5) is 17.8 Å². The molecule has 0 spiro atoms. The van der Waals surface area contributed by atoms with Crippen molar-refractivity contribution < 1.29 is 8.42 Å². The predicted molar refractivity (Wildman–Crippen MR) is 77.3 cm³/mol. The van der Waals surface area contributed by atoms with E-state index in [4.69, 9.17) is 5.84 Å². The fraction of sp³-hybridized carbons (Fsp3) is 0.700. The molecule has 1 atom stereocenters. The normalized spacial score (nSPS) is 21.2. The lowest BCUT2D eigenvalue weighted by molar-refractivity contribution is 0.561. The summed E-state index contributed by atoms with van der Waals surface area (Å²) in [6.45, 7) is 0. The Kier molecular flexibility index (Phi) is 4.23. The third kappa shape index (κ3) is 3.67. The van der Waals surface area contributed by atoms with Gasteiger partial charge in [0.2, 0.25) is 17.8 Å². The van der Waals surface area contributed by atoms with Crippen molar-refractivity contribution in [3.8, 4) is 0 Å². The second kappa shape index (κ2) is 5.75. The minimum atomic E-state index is -2.98. The van der Waals surface area contributed by atoms with Crippen LogP contribution in [0.25, 0.3) is 0 Å². The summed E-state index contributed by atoms with van der Waals surface area (Å²) in [6.07, 6.45) is 1.42. The molecular formula is C10H19N7O2S. The highest BCUT2D eigenvalue weighted by atomic mass is 32.2. The highest BCUT2D eigenvalue weighted by molar-refractivity contribution is 7.91. The van der Waals surface area contributed by atoms with E-state index in [1.807, 2.05) is 0 Å². The largest absolute Gasteiger partial charge is 0.350 e. The Morgan fingerprint density at radius 1 is 1.25 bits per heavy atom. The molecule has 0 saturated carbocycles. The van der Waals surface area contributed by atoms with E-state index in [1.54, 1.807) is 19.0 Å². The molecule has 2 rings (SSSR count). The molecule has 0 aromatic carbocycles. The van der Waals surface area contributed by atoms with Crippen molar-refractivity contribution in [2.45, 2.75) is 18.9 Å². The van der Waals surface area contributed by atoms with Crippen molar-refractivity contribution >= 4 is 27.7 Å². The number of nitrogens with zero attached hydrogens (tertiary/aromatic N) is 4. The predicted octanol–water partition coefficient (Wildman–Crippen LogP) is -0.788. The maximum Gasteiger partial charge on any atom is 0.243 e. The summed E-state index contributed by atoms with van der Waals surface area (Å²) < 4.78 is 23.2. The zero-order valence-electron chi connectivity index (χ0n) is 11.5. The van der Waals surface area contributed by atoms with Crippen LogP contribution in [0.3, 0.4) is 0 Å². The Balaban J connectivity index is 2.18. The van der Waals surface area contributed by atoms with E-state index >= 15 is 0 Å². The quantitative estimate of drug-likeness (QED) is 0.484. The third-order valence-electron chi connectivity index (χ3n) is 2.95. The van der Waals surface area contributed by atoms with Crippen LogP contribution in [0.5, 0.6) is 0 Å². The highest BCUT2D eigenvalue weighted by Crippen LogP contribution is 2.17. The monoisotopic (exact) mass is 301 g/mol. The average molecular weight is 301 g/mol. The van der Waals surface area contributed by atoms with Crippen molar-refractivity contribution in [3.05, 3.63) is 0 Å².